The van der Waals surface area contributed by atoms with E-state index in [9.17, 15) is 0 Å². The second-order valence-corrected chi connectivity index (χ2v) is 12.2. The molecule has 44 heavy (non-hydrogen) atoms. The molecule has 0 bridgehead atoms. The number of benzene rings is 8. The standard InChI is InChI=1S/C42H25BrO/c43-41-39-25-30(21-23-40(39)44-42(41)37-15-7-9-28-8-1-2-10-31(28)37)27-18-16-26(17-19-27)29-20-22-36-34-13-4-3-11-32(34)33-12-5-6-14-35(33)38(36)24-29/h1-25H. The van der Waals surface area contributed by atoms with Crippen molar-refractivity contribution in [2.24, 2.45) is 0 Å². The molecule has 0 fully saturated rings. The summed E-state index contributed by atoms with van der Waals surface area (Å²) in [5.74, 6) is 0.862. The van der Waals surface area contributed by atoms with Crippen molar-refractivity contribution in [1.29, 1.82) is 0 Å². The van der Waals surface area contributed by atoms with Crippen LogP contribution < -0.4 is 0 Å². The Bertz CT molecular complexity index is 2510. The Balaban J connectivity index is 1.11. The summed E-state index contributed by atoms with van der Waals surface area (Å²) in [4.78, 5) is 0. The summed E-state index contributed by atoms with van der Waals surface area (Å²) in [5, 5.41) is 11.2. The summed E-state index contributed by atoms with van der Waals surface area (Å²) in [6.07, 6.45) is 0. The summed E-state index contributed by atoms with van der Waals surface area (Å²) in [6, 6.07) is 54.5. The SMILES string of the molecule is Brc1c(-c2cccc3ccccc23)oc2ccc(-c3ccc(-c4ccc5c6ccccc6c6ccccc6c5c4)cc3)cc12. The van der Waals surface area contributed by atoms with Gasteiger partial charge in [-0.3, -0.25) is 0 Å². The highest BCUT2D eigenvalue weighted by Gasteiger charge is 2.17. The average Bonchev–Trinajstić information content (AvgIpc) is 3.43. The van der Waals surface area contributed by atoms with Crippen molar-refractivity contribution in [3.8, 4) is 33.6 Å². The number of furan rings is 1. The first kappa shape index (κ1) is 25.3. The first-order valence-corrected chi connectivity index (χ1v) is 15.7. The fourth-order valence-corrected chi connectivity index (χ4v) is 7.39. The third-order valence-electron chi connectivity index (χ3n) is 8.96. The zero-order valence-corrected chi connectivity index (χ0v) is 25.3. The van der Waals surface area contributed by atoms with Crippen LogP contribution >= 0.6 is 15.9 Å². The predicted octanol–water partition coefficient (Wildman–Crippen LogP) is 12.8. The second kappa shape index (κ2) is 9.94. The molecule has 2 heteroatoms. The molecule has 9 rings (SSSR count). The van der Waals surface area contributed by atoms with Gasteiger partial charge < -0.3 is 4.42 Å². The fraction of sp³-hybridized carbons (Fsp3) is 0. The first-order chi connectivity index (χ1) is 21.7. The zero-order chi connectivity index (χ0) is 29.2. The Kier molecular flexibility index (Phi) is 5.72. The van der Waals surface area contributed by atoms with Gasteiger partial charge >= 0.3 is 0 Å². The number of fused-ring (bicyclic) bond motifs is 8. The molecule has 1 aromatic heterocycles. The van der Waals surface area contributed by atoms with Gasteiger partial charge in [0.2, 0.25) is 0 Å². The third-order valence-corrected chi connectivity index (χ3v) is 9.74. The summed E-state index contributed by atoms with van der Waals surface area (Å²) in [6.45, 7) is 0. The third kappa shape index (κ3) is 3.92. The number of hydrogen-bond acceptors (Lipinski definition) is 1. The van der Waals surface area contributed by atoms with Crippen molar-refractivity contribution in [2.75, 3.05) is 0 Å². The fourth-order valence-electron chi connectivity index (χ4n) is 6.79. The van der Waals surface area contributed by atoms with E-state index in [0.29, 0.717) is 0 Å². The largest absolute Gasteiger partial charge is 0.455 e. The van der Waals surface area contributed by atoms with Gasteiger partial charge in [0.05, 0.1) is 4.47 Å². The zero-order valence-electron chi connectivity index (χ0n) is 23.7. The molecule has 0 aliphatic carbocycles. The molecule has 206 valence electrons. The van der Waals surface area contributed by atoms with E-state index in [1.807, 2.05) is 0 Å². The van der Waals surface area contributed by atoms with Crippen LogP contribution in [0.3, 0.4) is 0 Å². The molecular weight excluding hydrogens is 600 g/mol. The van der Waals surface area contributed by atoms with E-state index in [1.165, 1.54) is 59.8 Å². The Hall–Kier alpha value is -5.18. The monoisotopic (exact) mass is 624 g/mol. The minimum absolute atomic E-state index is 0.862. The first-order valence-electron chi connectivity index (χ1n) is 14.9. The molecule has 1 heterocycles. The van der Waals surface area contributed by atoms with Crippen molar-refractivity contribution < 1.29 is 4.42 Å². The molecule has 8 aromatic carbocycles. The highest BCUT2D eigenvalue weighted by molar-refractivity contribution is 9.10. The lowest BCUT2D eigenvalue weighted by Gasteiger charge is -2.12. The molecule has 9 aromatic rings. The van der Waals surface area contributed by atoms with Gasteiger partial charge in [-0.25, -0.2) is 0 Å². The minimum Gasteiger partial charge on any atom is -0.455 e. The van der Waals surface area contributed by atoms with Crippen molar-refractivity contribution in [2.45, 2.75) is 0 Å². The molecule has 0 spiro atoms. The molecular formula is C42H25BrO. The molecule has 0 aliphatic heterocycles. The van der Waals surface area contributed by atoms with E-state index in [0.717, 1.165) is 32.3 Å². The smallest absolute Gasteiger partial charge is 0.150 e. The topological polar surface area (TPSA) is 13.1 Å². The van der Waals surface area contributed by atoms with Gasteiger partial charge in [0.15, 0.2) is 0 Å². The molecule has 0 saturated heterocycles. The molecule has 0 atom stereocenters. The summed E-state index contributed by atoms with van der Waals surface area (Å²) < 4.78 is 7.39. The van der Waals surface area contributed by atoms with Gasteiger partial charge in [-0.15, -0.1) is 0 Å². The van der Waals surface area contributed by atoms with Crippen molar-refractivity contribution in [1.82, 2.24) is 0 Å². The van der Waals surface area contributed by atoms with Crippen LogP contribution in [-0.4, -0.2) is 0 Å². The lowest BCUT2D eigenvalue weighted by Crippen LogP contribution is -1.85. The lowest BCUT2D eigenvalue weighted by molar-refractivity contribution is 0.630. The minimum atomic E-state index is 0.862. The Morgan fingerprint density at radius 2 is 0.841 bits per heavy atom. The van der Waals surface area contributed by atoms with Gasteiger partial charge in [0.1, 0.15) is 11.3 Å². The second-order valence-electron chi connectivity index (χ2n) is 11.4. The van der Waals surface area contributed by atoms with Crippen LogP contribution in [0.1, 0.15) is 0 Å². The van der Waals surface area contributed by atoms with E-state index in [2.05, 4.69) is 168 Å². The number of halogens is 1. The summed E-state index contributed by atoms with van der Waals surface area (Å²) in [5.41, 5.74) is 6.72. The molecule has 0 aliphatic rings. The summed E-state index contributed by atoms with van der Waals surface area (Å²) >= 11 is 3.88. The Morgan fingerprint density at radius 1 is 0.364 bits per heavy atom. The Labute approximate surface area is 263 Å². The Morgan fingerprint density at radius 3 is 1.50 bits per heavy atom. The van der Waals surface area contributed by atoms with Gasteiger partial charge in [0.25, 0.3) is 0 Å². The van der Waals surface area contributed by atoms with E-state index in [-0.39, 0.29) is 0 Å². The summed E-state index contributed by atoms with van der Waals surface area (Å²) in [7, 11) is 0. The van der Waals surface area contributed by atoms with Gasteiger partial charge in [-0.05, 0) is 99.5 Å². The molecule has 0 unspecified atom stereocenters. The van der Waals surface area contributed by atoms with Crippen LogP contribution in [0.4, 0.5) is 0 Å². The normalized spacial score (nSPS) is 11.8. The molecule has 1 nitrogen and oxygen atoms in total. The maximum atomic E-state index is 6.41. The quantitative estimate of drug-likeness (QED) is 0.178. The van der Waals surface area contributed by atoms with E-state index in [1.54, 1.807) is 0 Å². The van der Waals surface area contributed by atoms with Crippen molar-refractivity contribution >= 4 is 70.0 Å². The number of hydrogen-bond donors (Lipinski definition) is 0. The highest BCUT2D eigenvalue weighted by Crippen LogP contribution is 2.42. The molecule has 0 radical (unpaired) electrons. The van der Waals surface area contributed by atoms with Crippen LogP contribution in [0.15, 0.2) is 161 Å². The molecule has 0 N–H and O–H groups in total. The lowest BCUT2D eigenvalue weighted by atomic mass is 9.92. The van der Waals surface area contributed by atoms with Crippen LogP contribution in [0.2, 0.25) is 0 Å². The maximum Gasteiger partial charge on any atom is 0.150 e. The van der Waals surface area contributed by atoms with E-state index in [4.69, 9.17) is 4.42 Å². The van der Waals surface area contributed by atoms with Crippen LogP contribution in [0.25, 0.3) is 87.6 Å². The van der Waals surface area contributed by atoms with Gasteiger partial charge in [-0.2, -0.15) is 0 Å². The highest BCUT2D eigenvalue weighted by atomic mass is 79.9. The van der Waals surface area contributed by atoms with Crippen LogP contribution in [-0.2, 0) is 0 Å². The van der Waals surface area contributed by atoms with Crippen molar-refractivity contribution in [3.05, 3.63) is 156 Å². The van der Waals surface area contributed by atoms with Gasteiger partial charge in [-0.1, -0.05) is 133 Å². The van der Waals surface area contributed by atoms with Crippen LogP contribution in [0, 0.1) is 0 Å². The number of rotatable bonds is 3. The molecule has 0 amide bonds. The maximum absolute atomic E-state index is 6.41. The van der Waals surface area contributed by atoms with Crippen molar-refractivity contribution in [3.63, 3.8) is 0 Å². The molecule has 0 saturated carbocycles. The predicted molar refractivity (Wildman–Crippen MR) is 190 cm³/mol. The van der Waals surface area contributed by atoms with E-state index >= 15 is 0 Å². The van der Waals surface area contributed by atoms with Gasteiger partial charge in [0, 0.05) is 10.9 Å². The average molecular weight is 626 g/mol. The van der Waals surface area contributed by atoms with E-state index < -0.39 is 0 Å². The van der Waals surface area contributed by atoms with Crippen LogP contribution in [0.5, 0.6) is 0 Å².